The molecule has 0 aliphatic carbocycles. The van der Waals surface area contributed by atoms with Crippen molar-refractivity contribution in [3.63, 3.8) is 0 Å². The van der Waals surface area contributed by atoms with E-state index in [9.17, 15) is 0 Å². The Bertz CT molecular complexity index is 1060. The third-order valence-electron chi connectivity index (χ3n) is 4.50. The van der Waals surface area contributed by atoms with Crippen LogP contribution in [-0.4, -0.2) is 15.0 Å². The van der Waals surface area contributed by atoms with E-state index in [2.05, 4.69) is 51.6 Å². The Morgan fingerprint density at radius 1 is 0.643 bits per heavy atom. The molecular weight excluding hydrogens is 346 g/mol. The van der Waals surface area contributed by atoms with Crippen LogP contribution in [0, 0.1) is 13.8 Å². The molecule has 0 aliphatic rings. The van der Waals surface area contributed by atoms with Gasteiger partial charge < -0.3 is 10.6 Å². The Kier molecular flexibility index (Phi) is 4.97. The number of para-hydroxylation sites is 1. The van der Waals surface area contributed by atoms with Crippen LogP contribution in [0.1, 0.15) is 11.1 Å². The molecule has 0 saturated carbocycles. The highest BCUT2D eigenvalue weighted by Crippen LogP contribution is 2.31. The van der Waals surface area contributed by atoms with Gasteiger partial charge in [-0.15, -0.1) is 0 Å². The zero-order valence-corrected chi connectivity index (χ0v) is 15.8. The number of rotatable bonds is 5. The lowest BCUT2D eigenvalue weighted by Crippen LogP contribution is -2.02. The normalized spacial score (nSPS) is 10.5. The Hall–Kier alpha value is -3.73. The van der Waals surface area contributed by atoms with E-state index in [0.717, 1.165) is 11.4 Å². The first-order valence-electron chi connectivity index (χ1n) is 9.12. The van der Waals surface area contributed by atoms with Crippen LogP contribution in [-0.2, 0) is 0 Å². The number of aromatic nitrogens is 3. The van der Waals surface area contributed by atoms with E-state index in [4.69, 9.17) is 0 Å². The maximum atomic E-state index is 4.47. The van der Waals surface area contributed by atoms with E-state index in [1.807, 2.05) is 54.9 Å². The summed E-state index contributed by atoms with van der Waals surface area (Å²) >= 11 is 0. The fourth-order valence-electron chi connectivity index (χ4n) is 3.33. The highest BCUT2D eigenvalue weighted by molar-refractivity contribution is 5.77. The number of aryl methyl sites for hydroxylation is 2. The number of nitrogens with zero attached hydrogens (tertiary/aromatic N) is 3. The number of hydrogen-bond donors (Lipinski definition) is 2. The summed E-state index contributed by atoms with van der Waals surface area (Å²) in [6, 6.07) is 18.3. The van der Waals surface area contributed by atoms with Crippen LogP contribution < -0.4 is 10.6 Å². The zero-order valence-electron chi connectivity index (χ0n) is 15.8. The van der Waals surface area contributed by atoms with Gasteiger partial charge in [0.05, 0.1) is 0 Å². The number of hydrogen-bond acceptors (Lipinski definition) is 5. The molecule has 2 aromatic carbocycles. The smallest absolute Gasteiger partial charge is 0.173 e. The van der Waals surface area contributed by atoms with Crippen molar-refractivity contribution in [3.8, 4) is 11.1 Å². The second-order valence-corrected chi connectivity index (χ2v) is 6.59. The first-order chi connectivity index (χ1) is 13.7. The molecule has 28 heavy (non-hydrogen) atoms. The summed E-state index contributed by atoms with van der Waals surface area (Å²) in [6.45, 7) is 4.24. The highest BCUT2D eigenvalue weighted by atomic mass is 15.1. The number of nitrogens with one attached hydrogen (secondary N) is 2. The fourth-order valence-corrected chi connectivity index (χ4v) is 3.33. The van der Waals surface area contributed by atoms with E-state index < -0.39 is 0 Å². The molecule has 0 amide bonds. The van der Waals surface area contributed by atoms with Gasteiger partial charge in [0, 0.05) is 36.2 Å². The summed E-state index contributed by atoms with van der Waals surface area (Å²) < 4.78 is 0. The third-order valence-corrected chi connectivity index (χ3v) is 4.50. The molecule has 0 aliphatic heterocycles. The zero-order chi connectivity index (χ0) is 19.3. The second kappa shape index (κ2) is 7.88. The SMILES string of the molecule is Cc1cc(Nc2nccnc2Nc2ccccc2)cc(C)c1-c1ccncc1. The Balaban J connectivity index is 1.64. The van der Waals surface area contributed by atoms with Crippen molar-refractivity contribution >= 4 is 23.0 Å². The molecule has 4 rings (SSSR count). The Labute approximate surface area is 164 Å². The van der Waals surface area contributed by atoms with Gasteiger partial charge in [0.1, 0.15) is 0 Å². The second-order valence-electron chi connectivity index (χ2n) is 6.59. The van der Waals surface area contributed by atoms with Gasteiger partial charge in [-0.3, -0.25) is 4.98 Å². The van der Waals surface area contributed by atoms with Crippen LogP contribution in [0.15, 0.2) is 79.4 Å². The monoisotopic (exact) mass is 367 g/mol. The lowest BCUT2D eigenvalue weighted by atomic mass is 9.96. The van der Waals surface area contributed by atoms with E-state index in [1.54, 1.807) is 12.4 Å². The fraction of sp³-hybridized carbons (Fsp3) is 0.0870. The van der Waals surface area contributed by atoms with Crippen molar-refractivity contribution in [2.75, 3.05) is 10.6 Å². The van der Waals surface area contributed by atoms with Crippen LogP contribution in [0.25, 0.3) is 11.1 Å². The van der Waals surface area contributed by atoms with Gasteiger partial charge in [-0.05, 0) is 72.5 Å². The van der Waals surface area contributed by atoms with Crippen LogP contribution in [0.2, 0.25) is 0 Å². The minimum Gasteiger partial charge on any atom is -0.337 e. The first kappa shape index (κ1) is 17.7. The van der Waals surface area contributed by atoms with Crippen LogP contribution in [0.3, 0.4) is 0 Å². The van der Waals surface area contributed by atoms with Crippen LogP contribution in [0.5, 0.6) is 0 Å². The van der Waals surface area contributed by atoms with Crippen molar-refractivity contribution in [2.24, 2.45) is 0 Å². The Morgan fingerprint density at radius 3 is 1.82 bits per heavy atom. The van der Waals surface area contributed by atoms with E-state index in [-0.39, 0.29) is 0 Å². The standard InChI is InChI=1S/C23H21N5/c1-16-14-20(15-17(2)21(16)18-8-10-24-11-9-18)28-23-22(25-12-13-26-23)27-19-6-4-3-5-7-19/h3-15H,1-2H3,(H,25,27)(H,26,28). The molecule has 0 bridgehead atoms. The summed E-state index contributed by atoms with van der Waals surface area (Å²) in [5.41, 5.74) is 6.72. The van der Waals surface area contributed by atoms with E-state index in [1.165, 1.54) is 22.3 Å². The maximum Gasteiger partial charge on any atom is 0.173 e. The molecular formula is C23H21N5. The minimum atomic E-state index is 0.682. The highest BCUT2D eigenvalue weighted by Gasteiger charge is 2.10. The first-order valence-corrected chi connectivity index (χ1v) is 9.12. The van der Waals surface area contributed by atoms with Gasteiger partial charge in [0.25, 0.3) is 0 Å². The van der Waals surface area contributed by atoms with E-state index in [0.29, 0.717) is 11.6 Å². The molecule has 0 saturated heterocycles. The van der Waals surface area contributed by atoms with Gasteiger partial charge in [-0.1, -0.05) is 18.2 Å². The topological polar surface area (TPSA) is 62.7 Å². The molecule has 0 radical (unpaired) electrons. The number of anilines is 4. The molecule has 5 heteroatoms. The molecule has 2 heterocycles. The lowest BCUT2D eigenvalue weighted by molar-refractivity contribution is 1.19. The van der Waals surface area contributed by atoms with Gasteiger partial charge >= 0.3 is 0 Å². The predicted molar refractivity (Wildman–Crippen MR) is 114 cm³/mol. The largest absolute Gasteiger partial charge is 0.337 e. The van der Waals surface area contributed by atoms with Crippen molar-refractivity contribution in [3.05, 3.63) is 90.5 Å². The maximum absolute atomic E-state index is 4.47. The van der Waals surface area contributed by atoms with Crippen LogP contribution in [0.4, 0.5) is 23.0 Å². The predicted octanol–water partition coefficient (Wildman–Crippen LogP) is 5.64. The van der Waals surface area contributed by atoms with Crippen LogP contribution >= 0.6 is 0 Å². The van der Waals surface area contributed by atoms with E-state index >= 15 is 0 Å². The molecule has 2 N–H and O–H groups in total. The quantitative estimate of drug-likeness (QED) is 0.478. The van der Waals surface area contributed by atoms with Gasteiger partial charge in [0.15, 0.2) is 11.6 Å². The van der Waals surface area contributed by atoms with Crippen molar-refractivity contribution in [1.82, 2.24) is 15.0 Å². The summed E-state index contributed by atoms with van der Waals surface area (Å²) in [5, 5.41) is 6.72. The number of pyridine rings is 1. The molecule has 2 aromatic heterocycles. The summed E-state index contributed by atoms with van der Waals surface area (Å²) in [4.78, 5) is 13.0. The van der Waals surface area contributed by atoms with Crippen molar-refractivity contribution in [1.29, 1.82) is 0 Å². The molecule has 4 aromatic rings. The number of benzene rings is 2. The summed E-state index contributed by atoms with van der Waals surface area (Å²) in [7, 11) is 0. The summed E-state index contributed by atoms with van der Waals surface area (Å²) in [6.07, 6.45) is 7.01. The molecule has 0 unspecified atom stereocenters. The van der Waals surface area contributed by atoms with Gasteiger partial charge in [-0.2, -0.15) is 0 Å². The van der Waals surface area contributed by atoms with Gasteiger partial charge in [-0.25, -0.2) is 9.97 Å². The van der Waals surface area contributed by atoms with Gasteiger partial charge in [0.2, 0.25) is 0 Å². The molecule has 0 spiro atoms. The Morgan fingerprint density at radius 2 is 1.21 bits per heavy atom. The minimum absolute atomic E-state index is 0.682. The molecule has 5 nitrogen and oxygen atoms in total. The summed E-state index contributed by atoms with van der Waals surface area (Å²) in [5.74, 6) is 1.36. The third kappa shape index (κ3) is 3.83. The molecule has 138 valence electrons. The molecule has 0 atom stereocenters. The average molecular weight is 367 g/mol. The van der Waals surface area contributed by atoms with Crippen molar-refractivity contribution in [2.45, 2.75) is 13.8 Å². The lowest BCUT2D eigenvalue weighted by Gasteiger charge is -2.15. The average Bonchev–Trinajstić information content (AvgIpc) is 2.71. The molecule has 0 fully saturated rings. The van der Waals surface area contributed by atoms with Crippen molar-refractivity contribution < 1.29 is 0 Å².